The summed E-state index contributed by atoms with van der Waals surface area (Å²) in [6.07, 6.45) is 3.57. The molecule has 3 heterocycles. The second-order valence-corrected chi connectivity index (χ2v) is 9.79. The quantitative estimate of drug-likeness (QED) is 0.554. The summed E-state index contributed by atoms with van der Waals surface area (Å²) in [4.78, 5) is 55.9. The molecule has 0 saturated carbocycles. The summed E-state index contributed by atoms with van der Waals surface area (Å²) in [7, 11) is 0. The molecule has 0 aromatic heterocycles. The van der Waals surface area contributed by atoms with Crippen LogP contribution in [0.5, 0.6) is 5.75 Å². The minimum absolute atomic E-state index is 0.0890. The minimum atomic E-state index is -0.559. The van der Waals surface area contributed by atoms with Gasteiger partial charge in [0.15, 0.2) is 6.10 Å². The molecule has 2 aromatic rings. The molecule has 4 amide bonds. The van der Waals surface area contributed by atoms with E-state index in [0.29, 0.717) is 41.2 Å². The third kappa shape index (κ3) is 5.22. The number of anilines is 2. The molecule has 37 heavy (non-hydrogen) atoms. The topological polar surface area (TPSA) is 99.3 Å². The van der Waals surface area contributed by atoms with Crippen LogP contribution in [0.1, 0.15) is 59.7 Å². The van der Waals surface area contributed by atoms with Gasteiger partial charge in [-0.2, -0.15) is 0 Å². The van der Waals surface area contributed by atoms with Gasteiger partial charge in [-0.05, 0) is 69.6 Å². The molecule has 1 saturated heterocycles. The van der Waals surface area contributed by atoms with Gasteiger partial charge >= 0.3 is 0 Å². The number of fused-ring (bicyclic) bond motifs is 2. The number of benzene rings is 2. The van der Waals surface area contributed by atoms with Gasteiger partial charge in [0.2, 0.25) is 5.91 Å². The minimum Gasteiger partial charge on any atom is -0.479 e. The lowest BCUT2D eigenvalue weighted by Gasteiger charge is -2.35. The number of imide groups is 1. The second-order valence-electron chi connectivity index (χ2n) is 9.79. The number of carbonyl (C=O) groups is 4. The van der Waals surface area contributed by atoms with E-state index in [0.717, 1.165) is 19.6 Å². The average Bonchev–Trinajstić information content (AvgIpc) is 3.15. The smallest absolute Gasteiger partial charge is 0.267 e. The van der Waals surface area contributed by atoms with E-state index in [1.807, 2.05) is 0 Å². The number of carbonyl (C=O) groups excluding carboxylic acids is 4. The van der Waals surface area contributed by atoms with Crippen molar-refractivity contribution in [1.82, 2.24) is 9.80 Å². The highest BCUT2D eigenvalue weighted by Crippen LogP contribution is 2.36. The molecule has 2 aromatic carbocycles. The first-order valence-electron chi connectivity index (χ1n) is 13.0. The molecule has 1 atom stereocenters. The molecule has 3 aliphatic heterocycles. The van der Waals surface area contributed by atoms with Gasteiger partial charge in [0.25, 0.3) is 17.7 Å². The highest BCUT2D eigenvalue weighted by Gasteiger charge is 2.35. The van der Waals surface area contributed by atoms with E-state index in [4.69, 9.17) is 4.74 Å². The Hall–Kier alpha value is -3.72. The summed E-state index contributed by atoms with van der Waals surface area (Å²) < 4.78 is 5.81. The highest BCUT2D eigenvalue weighted by atomic mass is 16.5. The van der Waals surface area contributed by atoms with E-state index in [1.165, 1.54) is 24.2 Å². The van der Waals surface area contributed by atoms with E-state index in [9.17, 15) is 19.2 Å². The SMILES string of the molecule is CC1Oc2ccc(NC(=O)CCCN3C(=O)c4ccccc4C3=O)cc2N(CCN2CCCCC2)C1=O. The normalized spacial score (nSPS) is 19.5. The highest BCUT2D eigenvalue weighted by molar-refractivity contribution is 6.21. The summed E-state index contributed by atoms with van der Waals surface area (Å²) in [6.45, 7) is 5.40. The number of amides is 4. The number of hydrogen-bond donors (Lipinski definition) is 1. The molecule has 1 fully saturated rings. The first-order chi connectivity index (χ1) is 17.9. The number of ether oxygens (including phenoxy) is 1. The first-order valence-corrected chi connectivity index (χ1v) is 13.0. The summed E-state index contributed by atoms with van der Waals surface area (Å²) in [6, 6.07) is 12.1. The van der Waals surface area contributed by atoms with Crippen LogP contribution in [0.4, 0.5) is 11.4 Å². The molecule has 1 N–H and O–H groups in total. The zero-order valence-electron chi connectivity index (χ0n) is 21.1. The van der Waals surface area contributed by atoms with Gasteiger partial charge in [0, 0.05) is 31.7 Å². The number of hydrogen-bond acceptors (Lipinski definition) is 6. The van der Waals surface area contributed by atoms with Crippen LogP contribution in [-0.2, 0) is 9.59 Å². The van der Waals surface area contributed by atoms with Crippen LogP contribution in [0.25, 0.3) is 0 Å². The van der Waals surface area contributed by atoms with Gasteiger partial charge in [-0.1, -0.05) is 18.6 Å². The van der Waals surface area contributed by atoms with E-state index >= 15 is 0 Å². The maximum absolute atomic E-state index is 12.9. The van der Waals surface area contributed by atoms with Crippen molar-refractivity contribution in [2.24, 2.45) is 0 Å². The second kappa shape index (κ2) is 10.7. The average molecular weight is 505 g/mol. The molecule has 5 rings (SSSR count). The maximum Gasteiger partial charge on any atom is 0.267 e. The van der Waals surface area contributed by atoms with Crippen LogP contribution in [0.15, 0.2) is 42.5 Å². The molecule has 0 radical (unpaired) electrons. The number of rotatable bonds is 8. The monoisotopic (exact) mass is 504 g/mol. The van der Waals surface area contributed by atoms with Gasteiger partial charge in [-0.3, -0.25) is 24.1 Å². The molecule has 0 bridgehead atoms. The summed E-state index contributed by atoms with van der Waals surface area (Å²) in [5.74, 6) is -0.338. The fourth-order valence-electron chi connectivity index (χ4n) is 5.20. The Morgan fingerprint density at radius 1 is 0.919 bits per heavy atom. The zero-order valence-corrected chi connectivity index (χ0v) is 21.1. The molecule has 9 heteroatoms. The van der Waals surface area contributed by atoms with Crippen molar-refractivity contribution in [3.63, 3.8) is 0 Å². The van der Waals surface area contributed by atoms with E-state index in [1.54, 1.807) is 54.3 Å². The standard InChI is InChI=1S/C28H32N4O5/c1-19-26(34)31(17-16-30-13-5-2-6-14-30)23-18-20(11-12-24(23)37-19)29-25(33)10-7-15-32-27(35)21-8-3-4-9-22(21)28(32)36/h3-4,8-9,11-12,18-19H,2,5-7,10,13-17H2,1H3,(H,29,33). The molecule has 3 aliphatic rings. The van der Waals surface area contributed by atoms with Crippen molar-refractivity contribution >= 4 is 35.0 Å². The predicted octanol–water partition coefficient (Wildman–Crippen LogP) is 3.30. The number of likely N-dealkylation sites (tertiary alicyclic amines) is 1. The van der Waals surface area contributed by atoms with E-state index in [-0.39, 0.29) is 36.6 Å². The lowest BCUT2D eigenvalue weighted by molar-refractivity contribution is -0.125. The number of piperidine rings is 1. The number of nitrogens with zero attached hydrogens (tertiary/aromatic N) is 3. The summed E-state index contributed by atoms with van der Waals surface area (Å²) >= 11 is 0. The lowest BCUT2D eigenvalue weighted by Crippen LogP contribution is -2.48. The fraction of sp³-hybridized carbons (Fsp3) is 0.429. The third-order valence-corrected chi connectivity index (χ3v) is 7.20. The summed E-state index contributed by atoms with van der Waals surface area (Å²) in [5, 5.41) is 2.88. The Kier molecular flexibility index (Phi) is 7.23. The van der Waals surface area contributed by atoms with Gasteiger partial charge in [-0.25, -0.2) is 0 Å². The Morgan fingerprint density at radius 2 is 1.62 bits per heavy atom. The predicted molar refractivity (Wildman–Crippen MR) is 139 cm³/mol. The van der Waals surface area contributed by atoms with E-state index < -0.39 is 6.10 Å². The van der Waals surface area contributed by atoms with Crippen molar-refractivity contribution in [3.8, 4) is 5.75 Å². The van der Waals surface area contributed by atoms with Crippen molar-refractivity contribution in [3.05, 3.63) is 53.6 Å². The van der Waals surface area contributed by atoms with Crippen molar-refractivity contribution < 1.29 is 23.9 Å². The molecule has 194 valence electrons. The first kappa shape index (κ1) is 25.0. The Balaban J connectivity index is 1.18. The maximum atomic E-state index is 12.9. The molecule has 9 nitrogen and oxygen atoms in total. The number of nitrogens with one attached hydrogen (secondary N) is 1. The van der Waals surface area contributed by atoms with Gasteiger partial charge < -0.3 is 19.9 Å². The van der Waals surface area contributed by atoms with Crippen LogP contribution in [0.2, 0.25) is 0 Å². The molecule has 1 unspecified atom stereocenters. The Bertz CT molecular complexity index is 1190. The Morgan fingerprint density at radius 3 is 2.32 bits per heavy atom. The van der Waals surface area contributed by atoms with Crippen LogP contribution in [0, 0.1) is 0 Å². The van der Waals surface area contributed by atoms with Crippen molar-refractivity contribution in [2.75, 3.05) is 42.9 Å². The Labute approximate surface area is 216 Å². The lowest BCUT2D eigenvalue weighted by atomic mass is 10.1. The molecule has 0 spiro atoms. The van der Waals surface area contributed by atoms with Crippen molar-refractivity contribution in [1.29, 1.82) is 0 Å². The molecular formula is C28H32N4O5. The van der Waals surface area contributed by atoms with Crippen LogP contribution in [0.3, 0.4) is 0 Å². The zero-order chi connectivity index (χ0) is 25.9. The third-order valence-electron chi connectivity index (χ3n) is 7.20. The van der Waals surface area contributed by atoms with Crippen molar-refractivity contribution in [2.45, 2.75) is 45.1 Å². The largest absolute Gasteiger partial charge is 0.479 e. The molecule has 0 aliphatic carbocycles. The van der Waals surface area contributed by atoms with Crippen LogP contribution in [-0.4, -0.2) is 72.3 Å². The molecular weight excluding hydrogens is 472 g/mol. The van der Waals surface area contributed by atoms with E-state index in [2.05, 4.69) is 10.2 Å². The fourth-order valence-corrected chi connectivity index (χ4v) is 5.20. The van der Waals surface area contributed by atoms with Gasteiger partial charge in [0.05, 0.1) is 16.8 Å². The van der Waals surface area contributed by atoms with Crippen LogP contribution >= 0.6 is 0 Å². The summed E-state index contributed by atoms with van der Waals surface area (Å²) in [5.41, 5.74) is 2.03. The van der Waals surface area contributed by atoms with Gasteiger partial charge in [-0.15, -0.1) is 0 Å². The van der Waals surface area contributed by atoms with Crippen LogP contribution < -0.4 is 15.0 Å². The van der Waals surface area contributed by atoms with Gasteiger partial charge in [0.1, 0.15) is 5.75 Å².